The summed E-state index contributed by atoms with van der Waals surface area (Å²) in [7, 11) is 0. The van der Waals surface area contributed by atoms with Gasteiger partial charge in [0.15, 0.2) is 12.4 Å². The number of hydrogen-bond acceptors (Lipinski definition) is 4. The Morgan fingerprint density at radius 3 is 2.81 bits per heavy atom. The molecule has 0 unspecified atom stereocenters. The minimum Gasteiger partial charge on any atom is -0.468 e. The normalized spacial score (nSPS) is 11.6. The molecule has 2 aromatic heterocycles. The number of amides is 1. The Bertz CT molecular complexity index is 982. The standard InChI is InChI=1S/C18H14F4N2O3/c1-10-13-7-12(19)4-5-14(13)27-15(10)16(25)24-8-11-3-2-6-23-17(11)26-9-18(20,21)22/h2-7H,8-9H2,1H3,(H,24,25). The van der Waals surface area contributed by atoms with Crippen molar-refractivity contribution < 1.29 is 31.5 Å². The summed E-state index contributed by atoms with van der Waals surface area (Å²) in [5.41, 5.74) is 1.09. The molecule has 0 saturated carbocycles. The van der Waals surface area contributed by atoms with Gasteiger partial charge in [0, 0.05) is 29.3 Å². The van der Waals surface area contributed by atoms with E-state index in [2.05, 4.69) is 15.0 Å². The fraction of sp³-hybridized carbons (Fsp3) is 0.222. The summed E-state index contributed by atoms with van der Waals surface area (Å²) in [4.78, 5) is 16.1. The molecule has 0 fully saturated rings. The van der Waals surface area contributed by atoms with Gasteiger partial charge in [-0.25, -0.2) is 9.37 Å². The number of fused-ring (bicyclic) bond motifs is 1. The van der Waals surface area contributed by atoms with Crippen molar-refractivity contribution in [2.45, 2.75) is 19.6 Å². The number of aromatic nitrogens is 1. The number of nitrogens with zero attached hydrogens (tertiary/aromatic N) is 1. The van der Waals surface area contributed by atoms with E-state index in [1.165, 1.54) is 36.5 Å². The molecule has 0 saturated heterocycles. The van der Waals surface area contributed by atoms with Gasteiger partial charge in [0.05, 0.1) is 0 Å². The van der Waals surface area contributed by atoms with Gasteiger partial charge >= 0.3 is 6.18 Å². The summed E-state index contributed by atoms with van der Waals surface area (Å²) in [5.74, 6) is -1.27. The van der Waals surface area contributed by atoms with Crippen LogP contribution in [0, 0.1) is 12.7 Å². The van der Waals surface area contributed by atoms with Crippen molar-refractivity contribution in [2.75, 3.05) is 6.61 Å². The van der Waals surface area contributed by atoms with E-state index >= 15 is 0 Å². The third-order valence-corrected chi connectivity index (χ3v) is 3.77. The van der Waals surface area contributed by atoms with Gasteiger partial charge in [0.2, 0.25) is 5.88 Å². The number of halogens is 4. The molecule has 3 rings (SSSR count). The van der Waals surface area contributed by atoms with E-state index in [0.29, 0.717) is 16.5 Å². The van der Waals surface area contributed by atoms with Gasteiger partial charge < -0.3 is 14.5 Å². The Balaban J connectivity index is 1.74. The van der Waals surface area contributed by atoms with Crippen molar-refractivity contribution >= 4 is 16.9 Å². The van der Waals surface area contributed by atoms with Gasteiger partial charge in [-0.3, -0.25) is 4.79 Å². The van der Waals surface area contributed by atoms with E-state index in [9.17, 15) is 22.4 Å². The zero-order valence-corrected chi connectivity index (χ0v) is 14.1. The number of carbonyl (C=O) groups excluding carboxylic acids is 1. The third kappa shape index (κ3) is 4.36. The van der Waals surface area contributed by atoms with E-state index < -0.39 is 24.5 Å². The number of furan rings is 1. The quantitative estimate of drug-likeness (QED) is 0.674. The molecule has 1 N–H and O–H groups in total. The minimum absolute atomic E-state index is 0.00255. The molecule has 0 atom stereocenters. The number of nitrogens with one attached hydrogen (secondary N) is 1. The fourth-order valence-electron chi connectivity index (χ4n) is 2.50. The molecule has 9 heteroatoms. The molecule has 142 valence electrons. The molecule has 0 bridgehead atoms. The molecule has 1 amide bonds. The monoisotopic (exact) mass is 382 g/mol. The lowest BCUT2D eigenvalue weighted by molar-refractivity contribution is -0.154. The van der Waals surface area contributed by atoms with Gasteiger partial charge in [0.25, 0.3) is 5.91 Å². The SMILES string of the molecule is Cc1c(C(=O)NCc2cccnc2OCC(F)(F)F)oc2ccc(F)cc12. The lowest BCUT2D eigenvalue weighted by atomic mass is 10.1. The van der Waals surface area contributed by atoms with Crippen molar-refractivity contribution in [1.82, 2.24) is 10.3 Å². The number of rotatable bonds is 5. The molecule has 3 aromatic rings. The molecule has 0 aliphatic carbocycles. The molecule has 2 heterocycles. The topological polar surface area (TPSA) is 64.4 Å². The van der Waals surface area contributed by atoms with Crippen LogP contribution in [-0.2, 0) is 6.54 Å². The summed E-state index contributed by atoms with van der Waals surface area (Å²) in [5, 5.41) is 3.01. The highest BCUT2D eigenvalue weighted by atomic mass is 19.4. The number of ether oxygens (including phenoxy) is 1. The van der Waals surface area contributed by atoms with Gasteiger partial charge in [0.1, 0.15) is 11.4 Å². The Morgan fingerprint density at radius 1 is 1.30 bits per heavy atom. The summed E-state index contributed by atoms with van der Waals surface area (Å²) < 4.78 is 60.4. The van der Waals surface area contributed by atoms with Crippen LogP contribution in [-0.4, -0.2) is 23.7 Å². The van der Waals surface area contributed by atoms with Crippen molar-refractivity contribution in [1.29, 1.82) is 0 Å². The second-order valence-corrected chi connectivity index (χ2v) is 5.75. The summed E-state index contributed by atoms with van der Waals surface area (Å²) in [6.07, 6.45) is -3.21. The molecule has 0 aliphatic heterocycles. The maximum Gasteiger partial charge on any atom is 0.422 e. The Morgan fingerprint density at radius 2 is 2.07 bits per heavy atom. The number of aryl methyl sites for hydroxylation is 1. The number of pyridine rings is 1. The predicted molar refractivity (Wildman–Crippen MR) is 87.9 cm³/mol. The van der Waals surface area contributed by atoms with Crippen LogP contribution in [0.5, 0.6) is 5.88 Å². The molecule has 5 nitrogen and oxygen atoms in total. The van der Waals surface area contributed by atoms with Crippen LogP contribution in [0.15, 0.2) is 40.9 Å². The van der Waals surface area contributed by atoms with Crippen molar-refractivity contribution in [2.24, 2.45) is 0 Å². The van der Waals surface area contributed by atoms with E-state index in [4.69, 9.17) is 4.42 Å². The number of benzene rings is 1. The second-order valence-electron chi connectivity index (χ2n) is 5.75. The maximum atomic E-state index is 13.4. The van der Waals surface area contributed by atoms with Crippen LogP contribution >= 0.6 is 0 Å². The summed E-state index contributed by atoms with van der Waals surface area (Å²) >= 11 is 0. The van der Waals surface area contributed by atoms with Crippen molar-refractivity contribution in [3.05, 3.63) is 59.2 Å². The molecule has 27 heavy (non-hydrogen) atoms. The van der Waals surface area contributed by atoms with Crippen LogP contribution in [0.25, 0.3) is 11.0 Å². The Hall–Kier alpha value is -3.10. The first-order valence-electron chi connectivity index (χ1n) is 7.85. The average Bonchev–Trinajstić information content (AvgIpc) is 2.94. The smallest absolute Gasteiger partial charge is 0.422 e. The first-order valence-corrected chi connectivity index (χ1v) is 7.85. The first kappa shape index (κ1) is 18.7. The van der Waals surface area contributed by atoms with Crippen LogP contribution in [0.3, 0.4) is 0 Å². The van der Waals surface area contributed by atoms with E-state index in [1.807, 2.05) is 0 Å². The summed E-state index contributed by atoms with van der Waals surface area (Å²) in [6.45, 7) is 0.00600. The second kappa shape index (κ2) is 7.26. The number of hydrogen-bond donors (Lipinski definition) is 1. The maximum absolute atomic E-state index is 13.4. The summed E-state index contributed by atoms with van der Waals surface area (Å²) in [6, 6.07) is 6.89. The van der Waals surface area contributed by atoms with Gasteiger partial charge in [-0.1, -0.05) is 6.07 Å². The molecule has 1 aromatic carbocycles. The van der Waals surface area contributed by atoms with Gasteiger partial charge in [-0.05, 0) is 31.2 Å². The van der Waals surface area contributed by atoms with Crippen molar-refractivity contribution in [3.63, 3.8) is 0 Å². The Kier molecular flexibility index (Phi) is 5.02. The zero-order valence-electron chi connectivity index (χ0n) is 14.1. The van der Waals surface area contributed by atoms with E-state index in [1.54, 1.807) is 6.92 Å². The van der Waals surface area contributed by atoms with E-state index in [0.717, 1.165) is 0 Å². The first-order chi connectivity index (χ1) is 12.7. The Labute approximate surface area is 150 Å². The molecular formula is C18H14F4N2O3. The minimum atomic E-state index is -4.50. The van der Waals surface area contributed by atoms with Gasteiger partial charge in [-0.15, -0.1) is 0 Å². The van der Waals surface area contributed by atoms with E-state index in [-0.39, 0.29) is 23.7 Å². The molecule has 0 aliphatic rings. The lowest BCUT2D eigenvalue weighted by Gasteiger charge is -2.12. The van der Waals surface area contributed by atoms with Crippen LogP contribution < -0.4 is 10.1 Å². The van der Waals surface area contributed by atoms with Crippen LogP contribution in [0.1, 0.15) is 21.7 Å². The predicted octanol–water partition coefficient (Wildman–Crippen LogP) is 4.15. The highest BCUT2D eigenvalue weighted by Gasteiger charge is 2.29. The number of carbonyl (C=O) groups is 1. The largest absolute Gasteiger partial charge is 0.468 e. The molecule has 0 radical (unpaired) electrons. The van der Waals surface area contributed by atoms with Gasteiger partial charge in [-0.2, -0.15) is 13.2 Å². The number of alkyl halides is 3. The lowest BCUT2D eigenvalue weighted by Crippen LogP contribution is -2.24. The molecule has 0 spiro atoms. The zero-order chi connectivity index (χ0) is 19.6. The molecular weight excluding hydrogens is 368 g/mol. The van der Waals surface area contributed by atoms with Crippen LogP contribution in [0.2, 0.25) is 0 Å². The van der Waals surface area contributed by atoms with Crippen LogP contribution in [0.4, 0.5) is 17.6 Å². The fourth-order valence-corrected chi connectivity index (χ4v) is 2.50. The van der Waals surface area contributed by atoms with Crippen molar-refractivity contribution in [3.8, 4) is 5.88 Å². The highest BCUT2D eigenvalue weighted by Crippen LogP contribution is 2.26. The average molecular weight is 382 g/mol. The highest BCUT2D eigenvalue weighted by molar-refractivity contribution is 5.98. The third-order valence-electron chi connectivity index (χ3n) is 3.77.